The van der Waals surface area contributed by atoms with E-state index in [1.54, 1.807) is 22.9 Å². The van der Waals surface area contributed by atoms with Gasteiger partial charge in [-0.25, -0.2) is 9.78 Å². The molecule has 0 unspecified atom stereocenters. The van der Waals surface area contributed by atoms with Crippen molar-refractivity contribution >= 4 is 17.7 Å². The van der Waals surface area contributed by atoms with Gasteiger partial charge in [0.2, 0.25) is 5.91 Å². The maximum absolute atomic E-state index is 12.6. The number of amides is 1. The number of ether oxygens (including phenoxy) is 1. The van der Waals surface area contributed by atoms with E-state index in [1.807, 2.05) is 14.1 Å². The largest absolute Gasteiger partial charge is 0.462 e. The second-order valence-corrected chi connectivity index (χ2v) is 7.40. The zero-order valence-corrected chi connectivity index (χ0v) is 15.7. The van der Waals surface area contributed by atoms with Crippen LogP contribution in [-0.2, 0) is 22.5 Å². The molecule has 1 aromatic heterocycles. The first-order chi connectivity index (χ1) is 12.3. The molecule has 0 bridgehead atoms. The van der Waals surface area contributed by atoms with Gasteiger partial charge in [-0.2, -0.15) is 0 Å². The lowest BCUT2D eigenvalue weighted by atomic mass is 9.77. The number of hydrogen-bond donors (Lipinski definition) is 1. The predicted octanol–water partition coefficient (Wildman–Crippen LogP) is 1.51. The SMILES string of the molecule is CCOC(=O)c1c(N(C)C)ncc2c1CCN(C(=O)CC1(O)CCC1)C2. The molecular formula is C19H27N3O4. The molecule has 1 aromatic rings. The molecule has 2 aliphatic rings. The summed E-state index contributed by atoms with van der Waals surface area (Å²) in [5.41, 5.74) is 1.46. The standard InChI is InChI=1S/C19H27N3O4/c1-4-26-18(24)16-14-6-9-22(15(23)10-19(25)7-5-8-19)12-13(14)11-20-17(16)21(2)3/h11,25H,4-10,12H2,1-3H3. The summed E-state index contributed by atoms with van der Waals surface area (Å²) < 4.78 is 5.23. The van der Waals surface area contributed by atoms with E-state index in [1.165, 1.54) is 0 Å². The molecule has 26 heavy (non-hydrogen) atoms. The van der Waals surface area contributed by atoms with Crippen molar-refractivity contribution in [3.63, 3.8) is 0 Å². The molecule has 7 nitrogen and oxygen atoms in total. The molecule has 7 heteroatoms. The fourth-order valence-corrected chi connectivity index (χ4v) is 3.65. The molecule has 1 N–H and O–H groups in total. The van der Waals surface area contributed by atoms with Crippen molar-refractivity contribution in [2.24, 2.45) is 0 Å². The molecule has 1 saturated carbocycles. The van der Waals surface area contributed by atoms with Crippen LogP contribution in [0.1, 0.15) is 54.1 Å². The van der Waals surface area contributed by atoms with Crippen molar-refractivity contribution in [2.45, 2.75) is 51.2 Å². The van der Waals surface area contributed by atoms with E-state index in [0.29, 0.717) is 50.3 Å². The second-order valence-electron chi connectivity index (χ2n) is 7.40. The van der Waals surface area contributed by atoms with Crippen molar-refractivity contribution in [3.8, 4) is 0 Å². The Morgan fingerprint density at radius 1 is 1.38 bits per heavy atom. The van der Waals surface area contributed by atoms with Gasteiger partial charge in [-0.05, 0) is 43.7 Å². The molecule has 0 aromatic carbocycles. The quantitative estimate of drug-likeness (QED) is 0.801. The molecule has 0 atom stereocenters. The number of carbonyl (C=O) groups is 2. The third-order valence-corrected chi connectivity index (χ3v) is 5.27. The van der Waals surface area contributed by atoms with Crippen molar-refractivity contribution < 1.29 is 19.4 Å². The highest BCUT2D eigenvalue weighted by Crippen LogP contribution is 2.36. The Morgan fingerprint density at radius 2 is 2.12 bits per heavy atom. The number of anilines is 1. The summed E-state index contributed by atoms with van der Waals surface area (Å²) in [5, 5.41) is 10.3. The van der Waals surface area contributed by atoms with Crippen molar-refractivity contribution in [3.05, 3.63) is 22.9 Å². The predicted molar refractivity (Wildman–Crippen MR) is 97.1 cm³/mol. The van der Waals surface area contributed by atoms with E-state index in [2.05, 4.69) is 4.98 Å². The molecule has 0 saturated heterocycles. The molecule has 1 aliphatic heterocycles. The summed E-state index contributed by atoms with van der Waals surface area (Å²) >= 11 is 0. The Hall–Kier alpha value is -2.15. The van der Waals surface area contributed by atoms with Crippen LogP contribution in [0.25, 0.3) is 0 Å². The minimum atomic E-state index is -0.819. The second kappa shape index (κ2) is 7.23. The minimum absolute atomic E-state index is 0.0350. The van der Waals surface area contributed by atoms with Gasteiger partial charge < -0.3 is 19.6 Å². The number of aromatic nitrogens is 1. The van der Waals surface area contributed by atoms with Crippen LogP contribution in [0.5, 0.6) is 0 Å². The number of pyridine rings is 1. The Balaban J connectivity index is 1.84. The highest BCUT2D eigenvalue weighted by atomic mass is 16.5. The van der Waals surface area contributed by atoms with E-state index < -0.39 is 5.60 Å². The normalized spacial score (nSPS) is 17.9. The summed E-state index contributed by atoms with van der Waals surface area (Å²) in [7, 11) is 3.69. The molecular weight excluding hydrogens is 334 g/mol. The molecule has 1 amide bonds. The lowest BCUT2D eigenvalue weighted by Crippen LogP contribution is -2.45. The third kappa shape index (κ3) is 3.53. The number of fused-ring (bicyclic) bond motifs is 1. The zero-order valence-electron chi connectivity index (χ0n) is 15.7. The molecule has 1 fully saturated rings. The number of rotatable bonds is 5. The Labute approximate surface area is 153 Å². The molecule has 3 rings (SSSR count). The van der Waals surface area contributed by atoms with Crippen LogP contribution in [0.4, 0.5) is 5.82 Å². The van der Waals surface area contributed by atoms with Gasteiger partial charge in [0.05, 0.1) is 18.6 Å². The van der Waals surface area contributed by atoms with Gasteiger partial charge in [0.15, 0.2) is 0 Å². The van der Waals surface area contributed by atoms with Gasteiger partial charge in [-0.1, -0.05) is 0 Å². The summed E-state index contributed by atoms with van der Waals surface area (Å²) in [6.45, 7) is 3.03. The summed E-state index contributed by atoms with van der Waals surface area (Å²) in [6, 6.07) is 0. The fourth-order valence-electron chi connectivity index (χ4n) is 3.65. The third-order valence-electron chi connectivity index (χ3n) is 5.27. The highest BCUT2D eigenvalue weighted by molar-refractivity contribution is 5.97. The first kappa shape index (κ1) is 18.6. The Morgan fingerprint density at radius 3 is 2.69 bits per heavy atom. The zero-order chi connectivity index (χ0) is 18.9. The van der Waals surface area contributed by atoms with E-state index in [-0.39, 0.29) is 18.3 Å². The summed E-state index contributed by atoms with van der Waals surface area (Å²) in [6.07, 6.45) is 4.87. The molecule has 0 spiro atoms. The average molecular weight is 361 g/mol. The van der Waals surface area contributed by atoms with Gasteiger partial charge in [0.1, 0.15) is 11.4 Å². The van der Waals surface area contributed by atoms with Crippen molar-refractivity contribution in [1.82, 2.24) is 9.88 Å². The molecule has 142 valence electrons. The highest BCUT2D eigenvalue weighted by Gasteiger charge is 2.38. The van der Waals surface area contributed by atoms with Crippen LogP contribution < -0.4 is 4.90 Å². The molecule has 2 heterocycles. The number of aliphatic hydroxyl groups is 1. The van der Waals surface area contributed by atoms with Crippen LogP contribution in [0.2, 0.25) is 0 Å². The molecule has 1 aliphatic carbocycles. The van der Waals surface area contributed by atoms with Gasteiger partial charge in [-0.15, -0.1) is 0 Å². The van der Waals surface area contributed by atoms with Gasteiger partial charge in [-0.3, -0.25) is 4.79 Å². The fraction of sp³-hybridized carbons (Fsp3) is 0.632. The monoisotopic (exact) mass is 361 g/mol. The van der Waals surface area contributed by atoms with Gasteiger partial charge in [0, 0.05) is 33.4 Å². The number of nitrogens with zero attached hydrogens (tertiary/aromatic N) is 3. The Bertz CT molecular complexity index is 713. The van der Waals surface area contributed by atoms with Gasteiger partial charge >= 0.3 is 5.97 Å². The topological polar surface area (TPSA) is 83.0 Å². The lowest BCUT2D eigenvalue weighted by molar-refractivity contribution is -0.141. The van der Waals surface area contributed by atoms with Crippen molar-refractivity contribution in [2.75, 3.05) is 32.1 Å². The molecule has 0 radical (unpaired) electrons. The van der Waals surface area contributed by atoms with E-state index in [4.69, 9.17) is 4.74 Å². The van der Waals surface area contributed by atoms with Crippen LogP contribution in [0, 0.1) is 0 Å². The van der Waals surface area contributed by atoms with Crippen LogP contribution in [0.15, 0.2) is 6.20 Å². The number of carbonyl (C=O) groups excluding carboxylic acids is 2. The van der Waals surface area contributed by atoms with E-state index >= 15 is 0 Å². The van der Waals surface area contributed by atoms with Crippen LogP contribution in [-0.4, -0.2) is 59.7 Å². The van der Waals surface area contributed by atoms with E-state index in [9.17, 15) is 14.7 Å². The average Bonchev–Trinajstić information content (AvgIpc) is 2.58. The smallest absolute Gasteiger partial charge is 0.342 e. The summed E-state index contributed by atoms with van der Waals surface area (Å²) in [5.74, 6) is 0.182. The Kier molecular flexibility index (Phi) is 5.18. The number of hydrogen-bond acceptors (Lipinski definition) is 6. The summed E-state index contributed by atoms with van der Waals surface area (Å²) in [4.78, 5) is 33.0. The number of esters is 1. The maximum Gasteiger partial charge on any atom is 0.342 e. The van der Waals surface area contributed by atoms with Crippen LogP contribution >= 0.6 is 0 Å². The minimum Gasteiger partial charge on any atom is -0.462 e. The van der Waals surface area contributed by atoms with Gasteiger partial charge in [0.25, 0.3) is 0 Å². The first-order valence-corrected chi connectivity index (χ1v) is 9.20. The van der Waals surface area contributed by atoms with Crippen molar-refractivity contribution in [1.29, 1.82) is 0 Å². The van der Waals surface area contributed by atoms with E-state index in [0.717, 1.165) is 17.5 Å². The maximum atomic E-state index is 12.6. The van der Waals surface area contributed by atoms with Crippen LogP contribution in [0.3, 0.4) is 0 Å². The lowest BCUT2D eigenvalue weighted by Gasteiger charge is -2.38. The first-order valence-electron chi connectivity index (χ1n) is 9.20.